The number of esters is 2. The van der Waals surface area contributed by atoms with Crippen LogP contribution >= 0.6 is 23.2 Å². The number of amides is 3. The van der Waals surface area contributed by atoms with E-state index in [-0.39, 0.29) is 28.1 Å². The van der Waals surface area contributed by atoms with Crippen LogP contribution in [0, 0.1) is 11.8 Å². The Hall–Kier alpha value is -3.43. The molecular formula is C28H28Cl2N2O7. The molecule has 0 radical (unpaired) electrons. The number of carbonyl (C=O) groups excluding carboxylic acids is 5. The van der Waals surface area contributed by atoms with Crippen LogP contribution in [-0.2, 0) is 23.9 Å². The second kappa shape index (κ2) is 12.6. The first-order valence-electron chi connectivity index (χ1n) is 12.7. The number of ether oxygens (including phenoxy) is 2. The molecule has 206 valence electrons. The van der Waals surface area contributed by atoms with Crippen molar-refractivity contribution < 1.29 is 33.4 Å². The average Bonchev–Trinajstić information content (AvgIpc) is 3.16. The van der Waals surface area contributed by atoms with Gasteiger partial charge in [0, 0.05) is 5.69 Å². The number of imide groups is 1. The molecule has 1 saturated carbocycles. The second-order valence-corrected chi connectivity index (χ2v) is 10.6. The molecule has 2 aliphatic rings. The Morgan fingerprint density at radius 2 is 1.36 bits per heavy atom. The maximum Gasteiger partial charge on any atom is 0.338 e. The highest BCUT2D eigenvalue weighted by Gasteiger charge is 2.52. The minimum Gasteiger partial charge on any atom is -0.462 e. The molecule has 39 heavy (non-hydrogen) atoms. The Morgan fingerprint density at radius 1 is 0.846 bits per heavy atom. The normalized spacial score (nSPS) is 22.3. The first-order chi connectivity index (χ1) is 18.7. The van der Waals surface area contributed by atoms with Crippen molar-refractivity contribution >= 4 is 64.2 Å². The van der Waals surface area contributed by atoms with Crippen molar-refractivity contribution in [3.63, 3.8) is 0 Å². The Bertz CT molecular complexity index is 1220. The van der Waals surface area contributed by atoms with E-state index in [1.54, 1.807) is 12.1 Å². The number of carbonyl (C=O) groups is 5. The predicted molar refractivity (Wildman–Crippen MR) is 145 cm³/mol. The SMILES string of the molecule is CCCCOC(=O)c1ccc(NC(=O)COC(=O)c2ccc(N3C(=O)[C@@H]4C[C@@H](Cl)[C@@H](Cl)C[C@H]4C3=O)cc2)cc1. The summed E-state index contributed by atoms with van der Waals surface area (Å²) in [5, 5.41) is 1.83. The van der Waals surface area contributed by atoms with Crippen LogP contribution in [0.2, 0.25) is 0 Å². The van der Waals surface area contributed by atoms with E-state index in [1.807, 2.05) is 6.92 Å². The highest BCUT2D eigenvalue weighted by Crippen LogP contribution is 2.43. The van der Waals surface area contributed by atoms with E-state index in [1.165, 1.54) is 36.4 Å². The maximum atomic E-state index is 12.9. The molecule has 0 spiro atoms. The summed E-state index contributed by atoms with van der Waals surface area (Å²) in [5.41, 5.74) is 1.27. The van der Waals surface area contributed by atoms with Crippen LogP contribution in [0.5, 0.6) is 0 Å². The molecule has 2 aromatic rings. The van der Waals surface area contributed by atoms with Crippen LogP contribution in [0.15, 0.2) is 48.5 Å². The average molecular weight is 575 g/mol. The van der Waals surface area contributed by atoms with Crippen molar-refractivity contribution in [3.8, 4) is 0 Å². The van der Waals surface area contributed by atoms with E-state index in [4.69, 9.17) is 32.7 Å². The van der Waals surface area contributed by atoms with Crippen molar-refractivity contribution in [1.29, 1.82) is 0 Å². The zero-order valence-electron chi connectivity index (χ0n) is 21.2. The lowest BCUT2D eigenvalue weighted by atomic mass is 9.80. The van der Waals surface area contributed by atoms with Gasteiger partial charge in [-0.05, 0) is 67.8 Å². The van der Waals surface area contributed by atoms with E-state index >= 15 is 0 Å². The fourth-order valence-corrected chi connectivity index (χ4v) is 5.18. The molecule has 0 aromatic heterocycles. The number of nitrogens with zero attached hydrogens (tertiary/aromatic N) is 1. The van der Waals surface area contributed by atoms with Gasteiger partial charge in [0.2, 0.25) is 11.8 Å². The standard InChI is InChI=1S/C28H28Cl2N2O7/c1-2-3-12-38-27(36)16-4-8-18(9-5-16)31-24(33)15-39-28(37)17-6-10-19(11-7-17)32-25(34)20-13-22(29)23(30)14-21(20)26(32)35/h4-11,20-23H,2-3,12-15H2,1H3,(H,31,33)/t20-,21-,22-,23+/m1/s1. The van der Waals surface area contributed by atoms with Crippen molar-refractivity contribution in [1.82, 2.24) is 0 Å². The predicted octanol–water partition coefficient (Wildman–Crippen LogP) is 4.55. The Balaban J connectivity index is 1.28. The summed E-state index contributed by atoms with van der Waals surface area (Å²) in [6, 6.07) is 12.0. The molecule has 1 aliphatic heterocycles. The zero-order chi connectivity index (χ0) is 28.1. The number of unbranched alkanes of at least 4 members (excludes halogenated alkanes) is 1. The third-order valence-corrected chi connectivity index (χ3v) is 7.84. The molecule has 1 N–H and O–H groups in total. The van der Waals surface area contributed by atoms with E-state index in [0.717, 1.165) is 17.7 Å². The fraction of sp³-hybridized carbons (Fsp3) is 0.393. The number of halogens is 2. The zero-order valence-corrected chi connectivity index (χ0v) is 22.7. The Morgan fingerprint density at radius 3 is 1.90 bits per heavy atom. The van der Waals surface area contributed by atoms with Crippen LogP contribution in [0.25, 0.3) is 0 Å². The number of hydrogen-bond donors (Lipinski definition) is 1. The van der Waals surface area contributed by atoms with E-state index in [9.17, 15) is 24.0 Å². The van der Waals surface area contributed by atoms with Gasteiger partial charge in [-0.15, -0.1) is 23.2 Å². The van der Waals surface area contributed by atoms with Crippen LogP contribution in [0.1, 0.15) is 53.3 Å². The Kier molecular flexibility index (Phi) is 9.24. The third-order valence-electron chi connectivity index (χ3n) is 6.74. The second-order valence-electron chi connectivity index (χ2n) is 9.47. The van der Waals surface area contributed by atoms with Crippen LogP contribution in [0.4, 0.5) is 11.4 Å². The van der Waals surface area contributed by atoms with Crippen molar-refractivity contribution in [3.05, 3.63) is 59.7 Å². The van der Waals surface area contributed by atoms with Crippen LogP contribution in [0.3, 0.4) is 0 Å². The van der Waals surface area contributed by atoms with Crippen LogP contribution in [-0.4, -0.2) is 53.6 Å². The first kappa shape index (κ1) is 28.6. The third kappa shape index (κ3) is 6.59. The Labute approximate surface area is 235 Å². The molecule has 2 fully saturated rings. The smallest absolute Gasteiger partial charge is 0.338 e. The molecule has 3 amide bonds. The largest absolute Gasteiger partial charge is 0.462 e. The lowest BCUT2D eigenvalue weighted by Crippen LogP contribution is -2.34. The van der Waals surface area contributed by atoms with Gasteiger partial charge in [0.05, 0.1) is 46.0 Å². The van der Waals surface area contributed by atoms with Crippen molar-refractivity contribution in [2.24, 2.45) is 11.8 Å². The highest BCUT2D eigenvalue weighted by atomic mass is 35.5. The number of hydrogen-bond acceptors (Lipinski definition) is 7. The van der Waals surface area contributed by atoms with Crippen molar-refractivity contribution in [2.45, 2.75) is 43.4 Å². The number of benzene rings is 2. The quantitative estimate of drug-likeness (QED) is 0.202. The minimum atomic E-state index is -0.746. The number of fused-ring (bicyclic) bond motifs is 1. The van der Waals surface area contributed by atoms with Gasteiger partial charge in [0.25, 0.3) is 5.91 Å². The molecule has 2 aromatic carbocycles. The van der Waals surface area contributed by atoms with Gasteiger partial charge >= 0.3 is 11.9 Å². The van der Waals surface area contributed by atoms with Gasteiger partial charge in [0.15, 0.2) is 6.61 Å². The molecule has 4 atom stereocenters. The number of anilines is 2. The summed E-state index contributed by atoms with van der Waals surface area (Å²) < 4.78 is 10.2. The minimum absolute atomic E-state index is 0.149. The van der Waals surface area contributed by atoms with Crippen LogP contribution < -0.4 is 10.2 Å². The number of nitrogens with one attached hydrogen (secondary N) is 1. The van der Waals surface area contributed by atoms with Gasteiger partial charge < -0.3 is 14.8 Å². The monoisotopic (exact) mass is 574 g/mol. The summed E-state index contributed by atoms with van der Waals surface area (Å²) >= 11 is 12.4. The van der Waals surface area contributed by atoms with Gasteiger partial charge in [-0.2, -0.15) is 0 Å². The maximum absolute atomic E-state index is 12.9. The summed E-state index contributed by atoms with van der Waals surface area (Å²) in [7, 11) is 0. The molecule has 11 heteroatoms. The van der Waals surface area contributed by atoms with Gasteiger partial charge in [-0.3, -0.25) is 19.3 Å². The topological polar surface area (TPSA) is 119 Å². The molecule has 0 unspecified atom stereocenters. The number of rotatable bonds is 9. The summed E-state index contributed by atoms with van der Waals surface area (Å²) in [6.45, 7) is 1.81. The van der Waals surface area contributed by atoms with E-state index < -0.39 is 36.3 Å². The molecule has 0 bridgehead atoms. The molecule has 1 aliphatic carbocycles. The number of alkyl halides is 2. The highest BCUT2D eigenvalue weighted by molar-refractivity contribution is 6.31. The van der Waals surface area contributed by atoms with E-state index in [0.29, 0.717) is 36.4 Å². The van der Waals surface area contributed by atoms with Gasteiger partial charge in [0.1, 0.15) is 0 Å². The first-order valence-corrected chi connectivity index (χ1v) is 13.6. The van der Waals surface area contributed by atoms with E-state index in [2.05, 4.69) is 5.32 Å². The lowest BCUT2D eigenvalue weighted by Gasteiger charge is -2.28. The summed E-state index contributed by atoms with van der Waals surface area (Å²) in [6.07, 6.45) is 2.38. The molecule has 9 nitrogen and oxygen atoms in total. The molecular weight excluding hydrogens is 547 g/mol. The summed E-state index contributed by atoms with van der Waals surface area (Å²) in [4.78, 5) is 63.5. The fourth-order valence-electron chi connectivity index (χ4n) is 4.59. The molecule has 1 heterocycles. The van der Waals surface area contributed by atoms with Crippen molar-refractivity contribution in [2.75, 3.05) is 23.4 Å². The lowest BCUT2D eigenvalue weighted by molar-refractivity contribution is -0.122. The molecule has 4 rings (SSSR count). The van der Waals surface area contributed by atoms with Gasteiger partial charge in [-0.1, -0.05) is 13.3 Å². The summed E-state index contributed by atoms with van der Waals surface area (Å²) in [5.74, 6) is -3.41. The van der Waals surface area contributed by atoms with Gasteiger partial charge in [-0.25, -0.2) is 9.59 Å². The molecule has 1 saturated heterocycles.